The Morgan fingerprint density at radius 3 is 2.29 bits per heavy atom. The van der Waals surface area contributed by atoms with E-state index in [4.69, 9.17) is 9.47 Å². The molecule has 28 heavy (non-hydrogen) atoms. The number of benzene rings is 1. The third kappa shape index (κ3) is 4.54. The largest absolute Gasteiger partial charge is 0.497 e. The van der Waals surface area contributed by atoms with Crippen molar-refractivity contribution in [2.75, 3.05) is 14.2 Å². The lowest BCUT2D eigenvalue weighted by Crippen LogP contribution is -2.24. The molecule has 3 aromatic rings. The van der Waals surface area contributed by atoms with Crippen LogP contribution in [0, 0.1) is 0 Å². The lowest BCUT2D eigenvalue weighted by molar-refractivity contribution is 0.392. The SMILES string of the molecule is COc1cc(OC)cc(C(NCc2cnc(C(C)(C)C)s2)c2nccn2C)c1. The van der Waals surface area contributed by atoms with Gasteiger partial charge in [0, 0.05) is 48.5 Å². The van der Waals surface area contributed by atoms with E-state index < -0.39 is 0 Å². The fourth-order valence-corrected chi connectivity index (χ4v) is 3.87. The van der Waals surface area contributed by atoms with Crippen molar-refractivity contribution < 1.29 is 9.47 Å². The average molecular weight is 401 g/mol. The minimum absolute atomic E-state index is 0.0577. The molecule has 3 rings (SSSR count). The molecule has 1 atom stereocenters. The Labute approximate surface area is 170 Å². The number of hydrogen-bond donors (Lipinski definition) is 1. The van der Waals surface area contributed by atoms with E-state index in [9.17, 15) is 0 Å². The monoisotopic (exact) mass is 400 g/mol. The van der Waals surface area contributed by atoms with Crippen LogP contribution in [-0.2, 0) is 19.0 Å². The van der Waals surface area contributed by atoms with Gasteiger partial charge in [-0.1, -0.05) is 20.8 Å². The fraction of sp³-hybridized carbons (Fsp3) is 0.429. The molecule has 0 saturated carbocycles. The van der Waals surface area contributed by atoms with Crippen LogP contribution in [0.25, 0.3) is 0 Å². The van der Waals surface area contributed by atoms with Crippen LogP contribution in [0.1, 0.15) is 48.1 Å². The third-order valence-corrected chi connectivity index (χ3v) is 5.92. The summed E-state index contributed by atoms with van der Waals surface area (Å²) in [4.78, 5) is 10.4. The second-order valence-corrected chi connectivity index (χ2v) is 8.85. The van der Waals surface area contributed by atoms with Crippen molar-refractivity contribution >= 4 is 11.3 Å². The maximum Gasteiger partial charge on any atom is 0.130 e. The van der Waals surface area contributed by atoms with Crippen LogP contribution in [-0.4, -0.2) is 28.8 Å². The minimum Gasteiger partial charge on any atom is -0.497 e. The molecular formula is C21H28N4O2S. The molecule has 0 saturated heterocycles. The van der Waals surface area contributed by atoms with Gasteiger partial charge in [0.2, 0.25) is 0 Å². The van der Waals surface area contributed by atoms with E-state index in [-0.39, 0.29) is 11.5 Å². The molecular weight excluding hydrogens is 372 g/mol. The highest BCUT2D eigenvalue weighted by molar-refractivity contribution is 7.11. The first-order valence-corrected chi connectivity index (χ1v) is 10.0. The van der Waals surface area contributed by atoms with E-state index in [1.54, 1.807) is 25.6 Å². The summed E-state index contributed by atoms with van der Waals surface area (Å²) in [5.41, 5.74) is 1.09. The molecule has 2 aromatic heterocycles. The summed E-state index contributed by atoms with van der Waals surface area (Å²) >= 11 is 1.74. The molecule has 0 aliphatic heterocycles. The number of thiazole rings is 1. The quantitative estimate of drug-likeness (QED) is 0.648. The van der Waals surface area contributed by atoms with Gasteiger partial charge < -0.3 is 14.0 Å². The van der Waals surface area contributed by atoms with Gasteiger partial charge in [-0.05, 0) is 17.7 Å². The van der Waals surface area contributed by atoms with Crippen LogP contribution < -0.4 is 14.8 Å². The van der Waals surface area contributed by atoms with Gasteiger partial charge in [-0.2, -0.15) is 0 Å². The first-order valence-electron chi connectivity index (χ1n) is 9.20. The lowest BCUT2D eigenvalue weighted by Gasteiger charge is -2.20. The van der Waals surface area contributed by atoms with Crippen LogP contribution >= 0.6 is 11.3 Å². The predicted molar refractivity (Wildman–Crippen MR) is 112 cm³/mol. The second kappa shape index (κ2) is 8.32. The van der Waals surface area contributed by atoms with Crippen molar-refractivity contribution in [1.82, 2.24) is 19.9 Å². The van der Waals surface area contributed by atoms with Crippen LogP contribution in [0.3, 0.4) is 0 Å². The number of imidazole rings is 1. The summed E-state index contributed by atoms with van der Waals surface area (Å²) in [6.45, 7) is 7.25. The van der Waals surface area contributed by atoms with Crippen molar-refractivity contribution in [2.45, 2.75) is 38.8 Å². The molecule has 0 aliphatic rings. The zero-order valence-electron chi connectivity index (χ0n) is 17.3. The zero-order valence-corrected chi connectivity index (χ0v) is 18.1. The fourth-order valence-electron chi connectivity index (χ4n) is 2.95. The Kier molecular flexibility index (Phi) is 6.05. The number of methoxy groups -OCH3 is 2. The van der Waals surface area contributed by atoms with Crippen LogP contribution in [0.2, 0.25) is 0 Å². The van der Waals surface area contributed by atoms with Crippen molar-refractivity contribution in [3.8, 4) is 11.5 Å². The van der Waals surface area contributed by atoms with Crippen molar-refractivity contribution in [1.29, 1.82) is 0 Å². The molecule has 6 nitrogen and oxygen atoms in total. The Morgan fingerprint density at radius 2 is 1.79 bits per heavy atom. The Bertz CT molecular complexity index is 904. The van der Waals surface area contributed by atoms with Crippen molar-refractivity contribution in [3.05, 3.63) is 58.1 Å². The highest BCUT2D eigenvalue weighted by atomic mass is 32.1. The Balaban J connectivity index is 1.91. The standard InChI is InChI=1S/C21H28N4O2S/c1-21(2,3)20-24-13-17(28-20)12-23-18(19-22-7-8-25(19)4)14-9-15(26-5)11-16(10-14)27-6/h7-11,13,18,23H,12H2,1-6H3. The van der Waals surface area contributed by atoms with Gasteiger partial charge in [0.15, 0.2) is 0 Å². The Hall–Kier alpha value is -2.38. The smallest absolute Gasteiger partial charge is 0.130 e. The first-order chi connectivity index (χ1) is 13.3. The van der Waals surface area contributed by atoms with E-state index in [0.29, 0.717) is 6.54 Å². The average Bonchev–Trinajstić information content (AvgIpc) is 3.31. The predicted octanol–water partition coefficient (Wildman–Crippen LogP) is 4.07. The maximum absolute atomic E-state index is 5.46. The molecule has 7 heteroatoms. The van der Waals surface area contributed by atoms with Gasteiger partial charge in [-0.25, -0.2) is 9.97 Å². The number of aromatic nitrogens is 3. The number of nitrogens with one attached hydrogen (secondary N) is 1. The van der Waals surface area contributed by atoms with E-state index in [2.05, 4.69) is 36.1 Å². The molecule has 0 amide bonds. The molecule has 0 aliphatic carbocycles. The molecule has 0 fully saturated rings. The molecule has 2 heterocycles. The molecule has 0 bridgehead atoms. The Morgan fingerprint density at radius 1 is 1.11 bits per heavy atom. The van der Waals surface area contributed by atoms with E-state index in [1.165, 1.54) is 4.88 Å². The van der Waals surface area contributed by atoms with E-state index >= 15 is 0 Å². The van der Waals surface area contributed by atoms with Gasteiger partial charge in [0.25, 0.3) is 0 Å². The topological polar surface area (TPSA) is 61.2 Å². The minimum atomic E-state index is -0.107. The van der Waals surface area contributed by atoms with Gasteiger partial charge in [-0.3, -0.25) is 5.32 Å². The van der Waals surface area contributed by atoms with Crippen molar-refractivity contribution in [2.24, 2.45) is 7.05 Å². The number of rotatable bonds is 7. The first kappa shape index (κ1) is 20.4. The number of ether oxygens (including phenoxy) is 2. The van der Waals surface area contributed by atoms with Gasteiger partial charge in [0.1, 0.15) is 17.3 Å². The molecule has 0 spiro atoms. The summed E-state index contributed by atoms with van der Waals surface area (Å²) in [5.74, 6) is 2.43. The summed E-state index contributed by atoms with van der Waals surface area (Å²) < 4.78 is 12.9. The summed E-state index contributed by atoms with van der Waals surface area (Å²) in [6.07, 6.45) is 5.72. The number of nitrogens with zero attached hydrogens (tertiary/aromatic N) is 3. The number of hydrogen-bond acceptors (Lipinski definition) is 6. The van der Waals surface area contributed by atoms with Crippen LogP contribution in [0.4, 0.5) is 0 Å². The molecule has 150 valence electrons. The molecule has 1 unspecified atom stereocenters. The van der Waals surface area contributed by atoms with Crippen molar-refractivity contribution in [3.63, 3.8) is 0 Å². The lowest BCUT2D eigenvalue weighted by atomic mass is 9.98. The van der Waals surface area contributed by atoms with E-state index in [0.717, 1.165) is 27.9 Å². The van der Waals surface area contributed by atoms with E-state index in [1.807, 2.05) is 48.4 Å². The second-order valence-electron chi connectivity index (χ2n) is 7.74. The summed E-state index contributed by atoms with van der Waals surface area (Å²) in [6, 6.07) is 5.80. The molecule has 1 aromatic carbocycles. The number of aryl methyl sites for hydroxylation is 1. The normalized spacial score (nSPS) is 12.8. The summed E-state index contributed by atoms with van der Waals surface area (Å²) in [7, 11) is 5.32. The molecule has 0 radical (unpaired) electrons. The van der Waals surface area contributed by atoms with Gasteiger partial charge >= 0.3 is 0 Å². The van der Waals surface area contributed by atoms with Gasteiger partial charge in [-0.15, -0.1) is 11.3 Å². The zero-order chi connectivity index (χ0) is 20.3. The van der Waals surface area contributed by atoms with Crippen LogP contribution in [0.15, 0.2) is 36.8 Å². The summed E-state index contributed by atoms with van der Waals surface area (Å²) in [5, 5.41) is 4.78. The third-order valence-electron chi connectivity index (χ3n) is 4.50. The maximum atomic E-state index is 5.46. The molecule has 1 N–H and O–H groups in total. The van der Waals surface area contributed by atoms with Gasteiger partial charge in [0.05, 0.1) is 25.3 Å². The highest BCUT2D eigenvalue weighted by Gasteiger charge is 2.22. The highest BCUT2D eigenvalue weighted by Crippen LogP contribution is 2.31. The van der Waals surface area contributed by atoms with Crippen LogP contribution in [0.5, 0.6) is 11.5 Å².